The molecule has 0 spiro atoms. The maximum Gasteiger partial charge on any atom is 0.293 e. The second-order valence-corrected chi connectivity index (χ2v) is 17.5. The van der Waals surface area contributed by atoms with E-state index in [2.05, 4.69) is 15.3 Å². The lowest BCUT2D eigenvalue weighted by Crippen LogP contribution is -2.47. The lowest BCUT2D eigenvalue weighted by molar-refractivity contribution is -0.384. The Morgan fingerprint density at radius 1 is 1.10 bits per heavy atom. The lowest BCUT2D eigenvalue weighted by Gasteiger charge is -2.39. The van der Waals surface area contributed by atoms with Crippen molar-refractivity contribution in [2.75, 3.05) is 62.5 Å². The summed E-state index contributed by atoms with van der Waals surface area (Å²) in [5, 5.41) is 16.1. The molecule has 1 aliphatic carbocycles. The number of rotatable bonds is 13. The van der Waals surface area contributed by atoms with Crippen molar-refractivity contribution in [3.05, 3.63) is 117 Å². The standard InChI is InChI=1S/C45H50ClN7O7S/c1-45(2)15-11-33(39(26-45)31-3-5-34(46)6-4-31)29-51-17-19-52(20-18-51)35-7-9-38(42(24-35)60-36-23-32-12-16-47-43(32)49-28-36)44(54)50-61(57,58)37-8-10-40(41(25-37)53(55)56)48-27-30-13-21-59-22-14-30/h3-10,12,16,23-25,28,30,48H,11,13-15,17-22,26-27,29H2,1-2H3,(H,47,49)(H,50,54)/i1D3,17D2,18D2,19D2,20D2. The normalized spacial score (nSPS) is 25.4. The van der Waals surface area contributed by atoms with Gasteiger partial charge in [0.25, 0.3) is 21.6 Å². The molecule has 61 heavy (non-hydrogen) atoms. The van der Waals surface area contributed by atoms with Gasteiger partial charge in [0.1, 0.15) is 22.8 Å². The molecule has 0 bridgehead atoms. The molecule has 16 heteroatoms. The van der Waals surface area contributed by atoms with Crippen LogP contribution in [0.5, 0.6) is 11.5 Å². The Morgan fingerprint density at radius 2 is 1.89 bits per heavy atom. The van der Waals surface area contributed by atoms with Gasteiger partial charge in [-0.15, -0.1) is 0 Å². The molecule has 2 fully saturated rings. The van der Waals surface area contributed by atoms with Gasteiger partial charge in [0.2, 0.25) is 0 Å². The maximum absolute atomic E-state index is 14.1. The van der Waals surface area contributed by atoms with Crippen LogP contribution in [0.4, 0.5) is 17.1 Å². The lowest BCUT2D eigenvalue weighted by atomic mass is 9.72. The smallest absolute Gasteiger partial charge is 0.293 e. The fraction of sp³-hybridized carbons (Fsp3) is 0.378. The average molecular weight is 880 g/mol. The van der Waals surface area contributed by atoms with E-state index < -0.39 is 93.2 Å². The van der Waals surface area contributed by atoms with Crippen molar-refractivity contribution in [2.45, 2.75) is 50.8 Å². The number of H-pyrrole nitrogens is 1. The number of carbonyl (C=O) groups is 1. The van der Waals surface area contributed by atoms with Gasteiger partial charge in [-0.05, 0) is 103 Å². The summed E-state index contributed by atoms with van der Waals surface area (Å²) in [6, 6.07) is 15.5. The summed E-state index contributed by atoms with van der Waals surface area (Å²) in [5.41, 5.74) is -1.04. The first-order chi connectivity index (χ1) is 33.6. The molecular weight excluding hydrogens is 818 g/mol. The number of amides is 1. The molecule has 3 aliphatic rings. The highest BCUT2D eigenvalue weighted by Crippen LogP contribution is 2.43. The van der Waals surface area contributed by atoms with Crippen molar-refractivity contribution in [2.24, 2.45) is 11.3 Å². The zero-order valence-electron chi connectivity index (χ0n) is 44.0. The molecule has 3 N–H and O–H groups in total. The van der Waals surface area contributed by atoms with E-state index in [0.29, 0.717) is 57.4 Å². The van der Waals surface area contributed by atoms with Crippen molar-refractivity contribution in [1.29, 1.82) is 0 Å². The van der Waals surface area contributed by atoms with E-state index in [9.17, 15) is 34.3 Å². The first-order valence-corrected chi connectivity index (χ1v) is 21.4. The maximum atomic E-state index is 14.1. The Labute approximate surface area is 375 Å². The minimum absolute atomic E-state index is 0.0326. The summed E-state index contributed by atoms with van der Waals surface area (Å²) < 4.78 is 141. The van der Waals surface area contributed by atoms with Crippen molar-refractivity contribution >= 4 is 61.2 Å². The minimum atomic E-state index is -4.87. The van der Waals surface area contributed by atoms with Gasteiger partial charge in [0, 0.05) is 96.3 Å². The molecule has 8 rings (SSSR count). The SMILES string of the molecule is [2H]C([2H])([2H])C1(C)CCC(CN2C([2H])([2H])C([2H])([2H])N(c3ccc(C(=O)NS(=O)(=O)c4ccc(NCC5CCOCC5)c([N+](=O)[O-])c4)c(Oc4cnc5[nH]ccc5c4)c3)C([2H])([2H])C2([2H])[2H])=C(c2ccc(Cl)cc2)C1. The van der Waals surface area contributed by atoms with Gasteiger partial charge >= 0.3 is 0 Å². The summed E-state index contributed by atoms with van der Waals surface area (Å²) in [7, 11) is -4.87. The van der Waals surface area contributed by atoms with Crippen molar-refractivity contribution in [1.82, 2.24) is 19.6 Å². The number of halogens is 1. The Balaban J connectivity index is 1.15. The first-order valence-electron chi connectivity index (χ1n) is 25.0. The monoisotopic (exact) mass is 878 g/mol. The molecule has 3 aromatic carbocycles. The number of carbonyl (C=O) groups excluding carboxylic acids is 1. The van der Waals surface area contributed by atoms with E-state index in [1.165, 1.54) is 18.3 Å². The highest BCUT2D eigenvalue weighted by atomic mass is 35.5. The zero-order valence-corrected chi connectivity index (χ0v) is 34.5. The number of allylic oxidation sites excluding steroid dienone is 1. The van der Waals surface area contributed by atoms with Crippen molar-refractivity contribution in [3.63, 3.8) is 0 Å². The van der Waals surface area contributed by atoms with Crippen LogP contribution in [0.2, 0.25) is 5.02 Å². The van der Waals surface area contributed by atoms with Crippen LogP contribution in [0.15, 0.2) is 95.7 Å². The molecule has 14 nitrogen and oxygen atoms in total. The predicted octanol–water partition coefficient (Wildman–Crippen LogP) is 8.66. The molecule has 320 valence electrons. The van der Waals surface area contributed by atoms with Crippen LogP contribution in [0, 0.1) is 21.4 Å². The molecule has 2 aromatic heterocycles. The molecule has 0 saturated carbocycles. The Morgan fingerprint density at radius 3 is 2.64 bits per heavy atom. The number of nitro benzene ring substituents is 1. The number of fused-ring (bicyclic) bond motifs is 1. The summed E-state index contributed by atoms with van der Waals surface area (Å²) in [5.74, 6) is -1.74. The van der Waals surface area contributed by atoms with E-state index in [4.69, 9.17) is 25.2 Å². The van der Waals surface area contributed by atoms with Crippen LogP contribution in [-0.2, 0) is 14.8 Å². The number of sulfonamides is 1. The molecule has 2 aliphatic heterocycles. The summed E-state index contributed by atoms with van der Waals surface area (Å²) >= 11 is 6.18. The zero-order chi connectivity index (χ0) is 52.4. The molecule has 2 saturated heterocycles. The number of nitrogens with one attached hydrogen (secondary N) is 3. The van der Waals surface area contributed by atoms with Gasteiger partial charge in [-0.2, -0.15) is 0 Å². The van der Waals surface area contributed by atoms with Crippen LogP contribution < -0.4 is 19.7 Å². The van der Waals surface area contributed by atoms with E-state index >= 15 is 0 Å². The van der Waals surface area contributed by atoms with Crippen LogP contribution in [-0.4, -0.2) is 86.4 Å². The molecule has 4 heterocycles. The van der Waals surface area contributed by atoms with Gasteiger partial charge in [-0.1, -0.05) is 43.1 Å². The quantitative estimate of drug-likeness (QED) is 0.0764. The highest BCUT2D eigenvalue weighted by molar-refractivity contribution is 7.90. The number of aromatic amines is 1. The van der Waals surface area contributed by atoms with Gasteiger partial charge < -0.3 is 24.7 Å². The largest absolute Gasteiger partial charge is 0.455 e. The number of nitro groups is 1. The number of nitrogens with zero attached hydrogens (tertiary/aromatic N) is 4. The van der Waals surface area contributed by atoms with Gasteiger partial charge in [0.05, 0.1) is 27.1 Å². The Kier molecular flexibility index (Phi) is 8.94. The van der Waals surface area contributed by atoms with Crippen molar-refractivity contribution < 1.29 is 42.7 Å². The summed E-state index contributed by atoms with van der Waals surface area (Å²) in [4.78, 5) is 32.8. The van der Waals surface area contributed by atoms with Crippen LogP contribution in [0.3, 0.4) is 0 Å². The highest BCUT2D eigenvalue weighted by Gasteiger charge is 2.31. The number of pyridine rings is 1. The third kappa shape index (κ3) is 10.0. The fourth-order valence-corrected chi connectivity index (χ4v) is 8.54. The second-order valence-electron chi connectivity index (χ2n) is 15.4. The molecule has 1 amide bonds. The number of hydrogen-bond acceptors (Lipinski definition) is 11. The van der Waals surface area contributed by atoms with Crippen LogP contribution in [0.25, 0.3) is 16.6 Å². The van der Waals surface area contributed by atoms with Crippen molar-refractivity contribution in [3.8, 4) is 11.5 Å². The number of piperazine rings is 1. The number of hydrogen-bond donors (Lipinski definition) is 3. The van der Waals surface area contributed by atoms with E-state index in [0.717, 1.165) is 43.2 Å². The number of aromatic nitrogens is 2. The van der Waals surface area contributed by atoms with Gasteiger partial charge in [-0.3, -0.25) is 19.8 Å². The predicted molar refractivity (Wildman–Crippen MR) is 237 cm³/mol. The van der Waals surface area contributed by atoms with E-state index in [1.807, 2.05) is 4.72 Å². The van der Waals surface area contributed by atoms with E-state index in [1.54, 1.807) is 43.5 Å². The minimum Gasteiger partial charge on any atom is -0.455 e. The third-order valence-corrected chi connectivity index (χ3v) is 12.4. The topological polar surface area (TPSA) is 172 Å². The van der Waals surface area contributed by atoms with Crippen LogP contribution in [0.1, 0.15) is 76.9 Å². The Hall–Kier alpha value is -5.48. The second kappa shape index (κ2) is 17.9. The molecule has 1 unspecified atom stereocenters. The molecule has 1 atom stereocenters. The number of ether oxygens (including phenoxy) is 2. The van der Waals surface area contributed by atoms with Gasteiger partial charge in [0.15, 0.2) is 0 Å². The summed E-state index contributed by atoms with van der Waals surface area (Å²) in [6.45, 7) is -13.6. The molecular formula is C45H50ClN7O7S. The number of anilines is 2. The number of benzene rings is 3. The summed E-state index contributed by atoms with van der Waals surface area (Å²) in [6.07, 6.45) is 4.37. The fourth-order valence-electron chi connectivity index (χ4n) is 7.43. The Bertz CT molecular complexity index is 3040. The first kappa shape index (κ1) is 30.5. The molecule has 0 radical (unpaired) electrons. The molecule has 5 aromatic rings. The van der Waals surface area contributed by atoms with Gasteiger partial charge in [-0.25, -0.2) is 18.1 Å². The van der Waals surface area contributed by atoms with Crippen LogP contribution >= 0.6 is 11.6 Å². The average Bonchev–Trinajstić information content (AvgIpc) is 3.78. The third-order valence-electron chi connectivity index (χ3n) is 10.8. The van der Waals surface area contributed by atoms with E-state index in [-0.39, 0.29) is 41.5 Å².